The van der Waals surface area contributed by atoms with Gasteiger partial charge in [0.1, 0.15) is 6.61 Å². The molecule has 1 fully saturated rings. The predicted molar refractivity (Wildman–Crippen MR) is 81.7 cm³/mol. The maximum atomic E-state index is 11.9. The molecule has 4 heteroatoms. The van der Waals surface area contributed by atoms with Crippen molar-refractivity contribution in [2.75, 3.05) is 17.7 Å². The van der Waals surface area contributed by atoms with Crippen LogP contribution in [-0.4, -0.2) is 18.6 Å². The van der Waals surface area contributed by atoms with E-state index in [9.17, 15) is 4.79 Å². The van der Waals surface area contributed by atoms with Crippen LogP contribution in [0, 0.1) is 6.92 Å². The van der Waals surface area contributed by atoms with E-state index < -0.39 is 0 Å². The number of hydrogen-bond acceptors (Lipinski definition) is 3. The van der Waals surface area contributed by atoms with Crippen LogP contribution in [0.2, 0.25) is 0 Å². The number of anilines is 2. The molecule has 1 aliphatic carbocycles. The largest absolute Gasteiger partial charge is 0.399 e. The van der Waals surface area contributed by atoms with Crippen molar-refractivity contribution in [3.05, 3.63) is 23.8 Å². The molecule has 0 radical (unpaired) electrons. The van der Waals surface area contributed by atoms with E-state index in [4.69, 9.17) is 10.5 Å². The summed E-state index contributed by atoms with van der Waals surface area (Å²) in [6, 6.07) is 5.50. The van der Waals surface area contributed by atoms with Gasteiger partial charge in [0.25, 0.3) is 0 Å². The molecule has 1 aliphatic rings. The maximum absolute atomic E-state index is 11.9. The summed E-state index contributed by atoms with van der Waals surface area (Å²) in [4.78, 5) is 11.9. The van der Waals surface area contributed by atoms with Crippen LogP contribution in [0.1, 0.15) is 44.1 Å². The molecule has 2 rings (SSSR count). The van der Waals surface area contributed by atoms with Gasteiger partial charge in [-0.25, -0.2) is 0 Å². The Labute approximate surface area is 120 Å². The molecule has 1 aromatic rings. The Kier molecular flexibility index (Phi) is 5.41. The zero-order valence-corrected chi connectivity index (χ0v) is 12.2. The van der Waals surface area contributed by atoms with Crippen molar-refractivity contribution in [2.24, 2.45) is 0 Å². The smallest absolute Gasteiger partial charge is 0.250 e. The number of amides is 1. The summed E-state index contributed by atoms with van der Waals surface area (Å²) in [5, 5.41) is 2.86. The minimum Gasteiger partial charge on any atom is -0.399 e. The van der Waals surface area contributed by atoms with Crippen molar-refractivity contribution in [2.45, 2.75) is 51.6 Å². The quantitative estimate of drug-likeness (QED) is 0.655. The van der Waals surface area contributed by atoms with Crippen molar-refractivity contribution in [3.63, 3.8) is 0 Å². The lowest BCUT2D eigenvalue weighted by molar-refractivity contribution is -0.122. The van der Waals surface area contributed by atoms with Crippen LogP contribution in [0.4, 0.5) is 11.4 Å². The van der Waals surface area contributed by atoms with E-state index in [1.165, 1.54) is 25.7 Å². The molecule has 3 N–H and O–H groups in total. The number of benzene rings is 1. The fourth-order valence-electron chi connectivity index (χ4n) is 2.56. The second-order valence-electron chi connectivity index (χ2n) is 5.55. The number of nitrogen functional groups attached to an aromatic ring is 1. The molecule has 0 heterocycles. The van der Waals surface area contributed by atoms with Gasteiger partial charge >= 0.3 is 0 Å². The van der Waals surface area contributed by atoms with Crippen molar-refractivity contribution in [1.29, 1.82) is 0 Å². The molecule has 0 aliphatic heterocycles. The van der Waals surface area contributed by atoms with Crippen molar-refractivity contribution < 1.29 is 9.53 Å². The molecule has 0 saturated heterocycles. The molecule has 0 aromatic heterocycles. The number of nitrogens with two attached hydrogens (primary N) is 1. The number of carbonyl (C=O) groups is 1. The molecular weight excluding hydrogens is 252 g/mol. The molecule has 1 saturated carbocycles. The van der Waals surface area contributed by atoms with Gasteiger partial charge in [-0.2, -0.15) is 0 Å². The lowest BCUT2D eigenvalue weighted by Crippen LogP contribution is -2.23. The van der Waals surface area contributed by atoms with E-state index >= 15 is 0 Å². The Morgan fingerprint density at radius 2 is 2.00 bits per heavy atom. The second-order valence-corrected chi connectivity index (χ2v) is 5.55. The number of aryl methyl sites for hydroxylation is 1. The SMILES string of the molecule is Cc1ccc(N)cc1NC(=O)COC1CCCCCC1. The summed E-state index contributed by atoms with van der Waals surface area (Å²) >= 11 is 0. The Morgan fingerprint density at radius 1 is 1.30 bits per heavy atom. The highest BCUT2D eigenvalue weighted by atomic mass is 16.5. The first-order valence-corrected chi connectivity index (χ1v) is 7.43. The third-order valence-corrected chi connectivity index (χ3v) is 3.79. The molecule has 0 unspecified atom stereocenters. The highest BCUT2D eigenvalue weighted by molar-refractivity contribution is 5.92. The minimum absolute atomic E-state index is 0.108. The van der Waals surface area contributed by atoms with Crippen molar-refractivity contribution >= 4 is 17.3 Å². The van der Waals surface area contributed by atoms with Crippen molar-refractivity contribution in [3.8, 4) is 0 Å². The Hall–Kier alpha value is -1.55. The fraction of sp³-hybridized carbons (Fsp3) is 0.562. The first kappa shape index (κ1) is 14.9. The summed E-state index contributed by atoms with van der Waals surface area (Å²) in [6.45, 7) is 2.07. The van der Waals surface area contributed by atoms with Gasteiger partial charge in [-0.1, -0.05) is 31.7 Å². The van der Waals surface area contributed by atoms with Crippen LogP contribution in [0.3, 0.4) is 0 Å². The van der Waals surface area contributed by atoms with E-state index in [-0.39, 0.29) is 18.6 Å². The molecular formula is C16H24N2O2. The molecule has 20 heavy (non-hydrogen) atoms. The first-order valence-electron chi connectivity index (χ1n) is 7.43. The van der Waals surface area contributed by atoms with E-state index in [1.54, 1.807) is 6.07 Å². The molecule has 0 bridgehead atoms. The molecule has 1 aromatic carbocycles. The Morgan fingerprint density at radius 3 is 2.70 bits per heavy atom. The zero-order valence-electron chi connectivity index (χ0n) is 12.2. The third kappa shape index (κ3) is 4.53. The summed E-state index contributed by atoms with van der Waals surface area (Å²) in [5.74, 6) is -0.108. The molecule has 110 valence electrons. The molecule has 4 nitrogen and oxygen atoms in total. The van der Waals surface area contributed by atoms with Crippen LogP contribution >= 0.6 is 0 Å². The topological polar surface area (TPSA) is 64.3 Å². The van der Waals surface area contributed by atoms with E-state index in [0.29, 0.717) is 5.69 Å². The lowest BCUT2D eigenvalue weighted by atomic mass is 10.1. The highest BCUT2D eigenvalue weighted by Gasteiger charge is 2.14. The van der Waals surface area contributed by atoms with E-state index in [1.807, 2.05) is 19.1 Å². The Balaban J connectivity index is 1.81. The number of carbonyl (C=O) groups excluding carboxylic acids is 1. The van der Waals surface area contributed by atoms with Gasteiger partial charge < -0.3 is 15.8 Å². The van der Waals surface area contributed by atoms with Gasteiger partial charge in [0, 0.05) is 11.4 Å². The van der Waals surface area contributed by atoms with Gasteiger partial charge in [-0.3, -0.25) is 4.79 Å². The van der Waals surface area contributed by atoms with Crippen LogP contribution in [-0.2, 0) is 9.53 Å². The van der Waals surface area contributed by atoms with E-state index in [2.05, 4.69) is 5.32 Å². The van der Waals surface area contributed by atoms with Gasteiger partial charge in [-0.05, 0) is 37.5 Å². The normalized spacial score (nSPS) is 16.6. The average Bonchev–Trinajstić information content (AvgIpc) is 2.69. The Bertz CT molecular complexity index is 452. The average molecular weight is 276 g/mol. The number of ether oxygens (including phenoxy) is 1. The lowest BCUT2D eigenvalue weighted by Gasteiger charge is -2.15. The number of nitrogens with one attached hydrogen (secondary N) is 1. The van der Waals surface area contributed by atoms with Gasteiger partial charge in [-0.15, -0.1) is 0 Å². The molecule has 0 spiro atoms. The van der Waals surface area contributed by atoms with Crippen LogP contribution in [0.5, 0.6) is 0 Å². The summed E-state index contributed by atoms with van der Waals surface area (Å²) in [7, 11) is 0. The van der Waals surface area contributed by atoms with Crippen LogP contribution < -0.4 is 11.1 Å². The van der Waals surface area contributed by atoms with Gasteiger partial charge in [0.15, 0.2) is 0 Å². The molecule has 0 atom stereocenters. The predicted octanol–water partition coefficient (Wildman–Crippen LogP) is 3.26. The van der Waals surface area contributed by atoms with Gasteiger partial charge in [0.2, 0.25) is 5.91 Å². The summed E-state index contributed by atoms with van der Waals surface area (Å²) in [5.41, 5.74) is 8.14. The highest BCUT2D eigenvalue weighted by Crippen LogP contribution is 2.20. The second kappa shape index (κ2) is 7.29. The van der Waals surface area contributed by atoms with Crippen molar-refractivity contribution in [1.82, 2.24) is 0 Å². The maximum Gasteiger partial charge on any atom is 0.250 e. The molecule has 1 amide bonds. The summed E-state index contributed by atoms with van der Waals surface area (Å²) in [6.07, 6.45) is 7.38. The fourth-order valence-corrected chi connectivity index (χ4v) is 2.56. The van der Waals surface area contributed by atoms with Crippen LogP contribution in [0.25, 0.3) is 0 Å². The number of rotatable bonds is 4. The third-order valence-electron chi connectivity index (χ3n) is 3.79. The van der Waals surface area contributed by atoms with Gasteiger partial charge in [0.05, 0.1) is 6.10 Å². The van der Waals surface area contributed by atoms with Crippen LogP contribution in [0.15, 0.2) is 18.2 Å². The standard InChI is InChI=1S/C16H24N2O2/c1-12-8-9-13(17)10-15(12)18-16(19)11-20-14-6-4-2-3-5-7-14/h8-10,14H,2-7,11,17H2,1H3,(H,18,19). The first-order chi connectivity index (χ1) is 9.65. The van der Waals surface area contributed by atoms with E-state index in [0.717, 1.165) is 24.1 Å². The number of hydrogen-bond donors (Lipinski definition) is 2. The minimum atomic E-state index is -0.108. The monoisotopic (exact) mass is 276 g/mol. The summed E-state index contributed by atoms with van der Waals surface area (Å²) < 4.78 is 5.72. The zero-order chi connectivity index (χ0) is 14.4.